The normalized spacial score (nSPS) is 10.1. The van der Waals surface area contributed by atoms with Crippen molar-refractivity contribution < 1.29 is 4.79 Å². The van der Waals surface area contributed by atoms with Gasteiger partial charge in [0.15, 0.2) is 0 Å². The van der Waals surface area contributed by atoms with Crippen LogP contribution in [0, 0.1) is 6.92 Å². The Balaban J connectivity index is 2.41. The summed E-state index contributed by atoms with van der Waals surface area (Å²) in [6.45, 7) is 4.03. The van der Waals surface area contributed by atoms with Crippen LogP contribution in [0.4, 0.5) is 0 Å². The van der Waals surface area contributed by atoms with Crippen molar-refractivity contribution in [2.75, 3.05) is 5.75 Å². The minimum Gasteiger partial charge on any atom is -0.299 e. The molecule has 1 aromatic heterocycles. The van der Waals surface area contributed by atoms with E-state index >= 15 is 0 Å². The number of Topliss-reactive ketones (excluding diaryl/α,β-unsaturated/α-hetero) is 1. The molecule has 0 N–H and O–H groups in total. The summed E-state index contributed by atoms with van der Waals surface area (Å²) >= 11 is 1.57. The first-order chi connectivity index (χ1) is 6.72. The van der Waals surface area contributed by atoms with Crippen LogP contribution in [0.3, 0.4) is 0 Å². The highest BCUT2D eigenvalue weighted by atomic mass is 32.2. The first kappa shape index (κ1) is 11.2. The zero-order valence-corrected chi connectivity index (χ0v) is 9.43. The van der Waals surface area contributed by atoms with Gasteiger partial charge in [-0.15, -0.1) is 11.8 Å². The van der Waals surface area contributed by atoms with E-state index in [1.165, 1.54) is 0 Å². The maximum absolute atomic E-state index is 11.3. The molecule has 0 spiro atoms. The minimum atomic E-state index is 0.319. The maximum atomic E-state index is 11.3. The lowest BCUT2D eigenvalue weighted by atomic mass is 10.3. The van der Waals surface area contributed by atoms with E-state index in [9.17, 15) is 4.79 Å². The molecule has 0 aromatic carbocycles. The number of nitrogens with zero attached hydrogens (tertiary/aromatic N) is 1. The molecule has 2 nitrogen and oxygen atoms in total. The topological polar surface area (TPSA) is 30.0 Å². The van der Waals surface area contributed by atoms with Gasteiger partial charge in [-0.25, -0.2) is 0 Å². The zero-order valence-electron chi connectivity index (χ0n) is 8.62. The van der Waals surface area contributed by atoms with E-state index < -0.39 is 0 Å². The lowest BCUT2D eigenvalue weighted by Crippen LogP contribution is -1.99. The van der Waals surface area contributed by atoms with E-state index in [1.54, 1.807) is 18.0 Å². The van der Waals surface area contributed by atoms with Gasteiger partial charge in [0, 0.05) is 23.7 Å². The predicted molar refractivity (Wildman–Crippen MR) is 59.6 cm³/mol. The fraction of sp³-hybridized carbons (Fsp3) is 0.455. The van der Waals surface area contributed by atoms with Crippen molar-refractivity contribution in [1.29, 1.82) is 0 Å². The summed E-state index contributed by atoms with van der Waals surface area (Å²) in [5, 5.41) is 0. The monoisotopic (exact) mass is 209 g/mol. The summed E-state index contributed by atoms with van der Waals surface area (Å²) in [6, 6.07) is 2.05. The summed E-state index contributed by atoms with van der Waals surface area (Å²) in [6.07, 6.45) is 5.24. The van der Waals surface area contributed by atoms with Crippen LogP contribution in [0.5, 0.6) is 0 Å². The second-order valence-corrected chi connectivity index (χ2v) is 4.32. The van der Waals surface area contributed by atoms with Gasteiger partial charge in [0.05, 0.1) is 5.75 Å². The van der Waals surface area contributed by atoms with E-state index in [0.717, 1.165) is 16.9 Å². The highest BCUT2D eigenvalue weighted by molar-refractivity contribution is 8.00. The summed E-state index contributed by atoms with van der Waals surface area (Å²) in [5.41, 5.74) is 1.14. The standard InChI is InChI=1S/C11H15NOS/c1-3-4-10(13)8-14-11-5-9(2)6-12-7-11/h5-7H,3-4,8H2,1-2H3. The van der Waals surface area contributed by atoms with E-state index in [-0.39, 0.29) is 0 Å². The molecule has 3 heteroatoms. The van der Waals surface area contributed by atoms with Gasteiger partial charge in [-0.05, 0) is 25.0 Å². The van der Waals surface area contributed by atoms with Crippen LogP contribution < -0.4 is 0 Å². The Kier molecular flexibility index (Phi) is 4.66. The van der Waals surface area contributed by atoms with Crippen molar-refractivity contribution in [3.8, 4) is 0 Å². The van der Waals surface area contributed by atoms with E-state index in [0.29, 0.717) is 18.0 Å². The number of hydrogen-bond acceptors (Lipinski definition) is 3. The van der Waals surface area contributed by atoms with Crippen molar-refractivity contribution in [1.82, 2.24) is 4.98 Å². The van der Waals surface area contributed by atoms with Crippen LogP contribution in [-0.4, -0.2) is 16.5 Å². The van der Waals surface area contributed by atoms with E-state index in [4.69, 9.17) is 0 Å². The summed E-state index contributed by atoms with van der Waals surface area (Å²) in [4.78, 5) is 16.4. The number of aromatic nitrogens is 1. The molecule has 1 aromatic rings. The van der Waals surface area contributed by atoms with Crippen molar-refractivity contribution >= 4 is 17.5 Å². The Morgan fingerprint density at radius 2 is 2.29 bits per heavy atom. The van der Waals surface area contributed by atoms with Gasteiger partial charge < -0.3 is 0 Å². The number of rotatable bonds is 5. The fourth-order valence-electron chi connectivity index (χ4n) is 1.12. The number of carbonyl (C=O) groups is 1. The molecule has 0 unspecified atom stereocenters. The third-order valence-corrected chi connectivity index (χ3v) is 2.80. The Morgan fingerprint density at radius 1 is 1.50 bits per heavy atom. The Hall–Kier alpha value is -0.830. The molecule has 0 amide bonds. The summed E-state index contributed by atoms with van der Waals surface area (Å²) < 4.78 is 0. The Morgan fingerprint density at radius 3 is 2.93 bits per heavy atom. The van der Waals surface area contributed by atoms with Crippen molar-refractivity contribution in [2.24, 2.45) is 0 Å². The molecule has 0 bridgehead atoms. The van der Waals surface area contributed by atoms with Gasteiger partial charge in [-0.3, -0.25) is 9.78 Å². The van der Waals surface area contributed by atoms with Crippen LogP contribution in [0.15, 0.2) is 23.4 Å². The predicted octanol–water partition coefficient (Wildman–Crippen LogP) is 2.85. The third-order valence-electron chi connectivity index (χ3n) is 1.78. The molecule has 0 saturated heterocycles. The van der Waals surface area contributed by atoms with Crippen LogP contribution in [0.2, 0.25) is 0 Å². The van der Waals surface area contributed by atoms with Crippen molar-refractivity contribution in [2.45, 2.75) is 31.6 Å². The number of carbonyl (C=O) groups excluding carboxylic acids is 1. The molecular weight excluding hydrogens is 194 g/mol. The lowest BCUT2D eigenvalue weighted by Gasteiger charge is -2.00. The summed E-state index contributed by atoms with van der Waals surface area (Å²) in [7, 11) is 0. The molecule has 76 valence electrons. The molecule has 1 heterocycles. The molecule has 0 aliphatic heterocycles. The van der Waals surface area contributed by atoms with Gasteiger partial charge in [0.25, 0.3) is 0 Å². The third kappa shape index (κ3) is 3.92. The highest BCUT2D eigenvalue weighted by Gasteiger charge is 2.01. The number of ketones is 1. The lowest BCUT2D eigenvalue weighted by molar-refractivity contribution is -0.116. The molecule has 0 atom stereocenters. The van der Waals surface area contributed by atoms with E-state index in [1.807, 2.05) is 20.0 Å². The number of thioether (sulfide) groups is 1. The average Bonchev–Trinajstić information content (AvgIpc) is 2.15. The molecular formula is C11H15NOS. The minimum absolute atomic E-state index is 0.319. The largest absolute Gasteiger partial charge is 0.299 e. The molecule has 0 fully saturated rings. The van der Waals surface area contributed by atoms with Gasteiger partial charge >= 0.3 is 0 Å². The number of aryl methyl sites for hydroxylation is 1. The molecule has 14 heavy (non-hydrogen) atoms. The fourth-order valence-corrected chi connectivity index (χ4v) is 2.00. The Bertz CT molecular complexity index is 312. The van der Waals surface area contributed by atoms with Crippen molar-refractivity contribution in [3.63, 3.8) is 0 Å². The second kappa shape index (κ2) is 5.81. The quantitative estimate of drug-likeness (QED) is 0.698. The van der Waals surface area contributed by atoms with Gasteiger partial charge in [0.1, 0.15) is 5.78 Å². The van der Waals surface area contributed by atoms with Gasteiger partial charge in [-0.2, -0.15) is 0 Å². The van der Waals surface area contributed by atoms with Gasteiger partial charge in [0.2, 0.25) is 0 Å². The van der Waals surface area contributed by atoms with Gasteiger partial charge in [-0.1, -0.05) is 6.92 Å². The van der Waals surface area contributed by atoms with Crippen LogP contribution >= 0.6 is 11.8 Å². The Labute approximate surface area is 89.1 Å². The molecule has 1 rings (SSSR count). The molecule has 0 saturated carbocycles. The first-order valence-corrected chi connectivity index (χ1v) is 5.77. The number of hydrogen-bond donors (Lipinski definition) is 0. The van der Waals surface area contributed by atoms with E-state index in [2.05, 4.69) is 11.1 Å². The van der Waals surface area contributed by atoms with Crippen LogP contribution in [-0.2, 0) is 4.79 Å². The maximum Gasteiger partial charge on any atom is 0.143 e. The SMILES string of the molecule is CCCC(=O)CSc1cncc(C)c1. The average molecular weight is 209 g/mol. The molecule has 0 aliphatic rings. The van der Waals surface area contributed by atoms with Crippen LogP contribution in [0.1, 0.15) is 25.3 Å². The van der Waals surface area contributed by atoms with Crippen LogP contribution in [0.25, 0.3) is 0 Å². The second-order valence-electron chi connectivity index (χ2n) is 3.28. The number of pyridine rings is 1. The van der Waals surface area contributed by atoms with Crippen molar-refractivity contribution in [3.05, 3.63) is 24.0 Å². The summed E-state index contributed by atoms with van der Waals surface area (Å²) in [5.74, 6) is 0.887. The molecule has 0 radical (unpaired) electrons. The molecule has 0 aliphatic carbocycles. The smallest absolute Gasteiger partial charge is 0.143 e. The zero-order chi connectivity index (χ0) is 10.4. The highest BCUT2D eigenvalue weighted by Crippen LogP contribution is 2.18. The first-order valence-electron chi connectivity index (χ1n) is 4.78.